The molecule has 2 aromatic heterocycles. The third-order valence-electron chi connectivity index (χ3n) is 3.19. The smallest absolute Gasteiger partial charge is 0.252 e. The van der Waals surface area contributed by atoms with Crippen molar-refractivity contribution in [1.82, 2.24) is 24.8 Å². The largest absolute Gasteiger partial charge is 0.352 e. The number of rotatable bonds is 7. The number of carbonyl (C=O) groups is 1. The zero-order valence-corrected chi connectivity index (χ0v) is 14.2. The van der Waals surface area contributed by atoms with Crippen LogP contribution in [0, 0.1) is 0 Å². The summed E-state index contributed by atoms with van der Waals surface area (Å²) in [6, 6.07) is 1.94. The summed E-state index contributed by atoms with van der Waals surface area (Å²) < 4.78 is 26.0. The molecule has 0 saturated carbocycles. The first-order valence-electron chi connectivity index (χ1n) is 7.34. The second-order valence-electron chi connectivity index (χ2n) is 5.60. The maximum absolute atomic E-state index is 12.1. The van der Waals surface area contributed by atoms with Crippen molar-refractivity contribution in [2.24, 2.45) is 0 Å². The van der Waals surface area contributed by atoms with Gasteiger partial charge in [-0.2, -0.15) is 5.10 Å². The molecule has 0 aliphatic carbocycles. The van der Waals surface area contributed by atoms with Gasteiger partial charge in [-0.25, -0.2) is 22.8 Å². The van der Waals surface area contributed by atoms with E-state index in [1.165, 1.54) is 6.20 Å². The predicted octanol–water partition coefficient (Wildman–Crippen LogP) is 0.681. The van der Waals surface area contributed by atoms with Crippen molar-refractivity contribution in [1.29, 1.82) is 0 Å². The minimum Gasteiger partial charge on any atom is -0.352 e. The molecule has 8 nitrogen and oxygen atoms in total. The van der Waals surface area contributed by atoms with Crippen molar-refractivity contribution in [2.45, 2.75) is 26.3 Å². The van der Waals surface area contributed by atoms with Crippen molar-refractivity contribution < 1.29 is 13.2 Å². The number of sulfonamides is 1. The fourth-order valence-corrected chi connectivity index (χ4v) is 2.61. The van der Waals surface area contributed by atoms with Gasteiger partial charge in [0.05, 0.1) is 18.0 Å². The molecule has 0 spiro atoms. The topological polar surface area (TPSA) is 106 Å². The summed E-state index contributed by atoms with van der Waals surface area (Å²) >= 11 is 0. The molecule has 2 aromatic rings. The highest BCUT2D eigenvalue weighted by atomic mass is 32.2. The average molecular weight is 339 g/mol. The van der Waals surface area contributed by atoms with Crippen molar-refractivity contribution in [2.75, 3.05) is 19.3 Å². The van der Waals surface area contributed by atoms with Crippen LogP contribution in [0.4, 0.5) is 0 Å². The highest BCUT2D eigenvalue weighted by molar-refractivity contribution is 7.88. The van der Waals surface area contributed by atoms with Gasteiger partial charge in [0, 0.05) is 30.7 Å². The summed E-state index contributed by atoms with van der Waals surface area (Å²) in [6.07, 6.45) is 4.83. The maximum Gasteiger partial charge on any atom is 0.252 e. The lowest BCUT2D eigenvalue weighted by Crippen LogP contribution is -2.29. The van der Waals surface area contributed by atoms with Crippen LogP contribution in [-0.4, -0.2) is 48.4 Å². The van der Waals surface area contributed by atoms with E-state index >= 15 is 0 Å². The first-order valence-corrected chi connectivity index (χ1v) is 9.23. The summed E-state index contributed by atoms with van der Waals surface area (Å²) in [5.41, 5.74) is 1.20. The van der Waals surface area contributed by atoms with Gasteiger partial charge in [0.25, 0.3) is 5.91 Å². The van der Waals surface area contributed by atoms with E-state index in [0.29, 0.717) is 18.5 Å². The van der Waals surface area contributed by atoms with Crippen LogP contribution >= 0.6 is 0 Å². The molecule has 2 rings (SSSR count). The Balaban J connectivity index is 1.94. The molecule has 2 heterocycles. The zero-order chi connectivity index (χ0) is 17.0. The second kappa shape index (κ2) is 7.05. The van der Waals surface area contributed by atoms with Gasteiger partial charge in [-0.05, 0) is 26.3 Å². The quantitative estimate of drug-likeness (QED) is 0.722. The Kier molecular flexibility index (Phi) is 5.32. The molecule has 0 fully saturated rings. The third-order valence-corrected chi connectivity index (χ3v) is 3.92. The zero-order valence-electron chi connectivity index (χ0n) is 13.4. The Morgan fingerprint density at radius 3 is 2.70 bits per heavy atom. The first kappa shape index (κ1) is 17.4. The van der Waals surface area contributed by atoms with E-state index in [4.69, 9.17) is 0 Å². The number of hydrogen-bond donors (Lipinski definition) is 2. The minimum absolute atomic E-state index is 0.196. The Bertz CT molecular complexity index is 798. The van der Waals surface area contributed by atoms with Crippen molar-refractivity contribution >= 4 is 27.0 Å². The van der Waals surface area contributed by atoms with Crippen molar-refractivity contribution in [3.63, 3.8) is 0 Å². The van der Waals surface area contributed by atoms with E-state index in [1.54, 1.807) is 16.9 Å². The molecule has 0 saturated heterocycles. The molecule has 0 aliphatic rings. The number of carbonyl (C=O) groups excluding carboxylic acids is 1. The molecule has 2 N–H and O–H groups in total. The van der Waals surface area contributed by atoms with Crippen LogP contribution in [0.2, 0.25) is 0 Å². The Labute approximate surface area is 135 Å². The average Bonchev–Trinajstić information content (AvgIpc) is 2.88. The summed E-state index contributed by atoms with van der Waals surface area (Å²) in [6.45, 7) is 4.70. The highest BCUT2D eigenvalue weighted by Gasteiger charge is 2.11. The number of hydrogen-bond acceptors (Lipinski definition) is 5. The number of nitrogens with zero attached hydrogens (tertiary/aromatic N) is 3. The molecular weight excluding hydrogens is 318 g/mol. The molecular formula is C14H21N5O3S. The van der Waals surface area contributed by atoms with Gasteiger partial charge in [0.1, 0.15) is 0 Å². The normalized spacial score (nSPS) is 12.0. The standard InChI is InChI=1S/C14H21N5O3S/c1-10(2)19-13-11(9-17-19)7-12(8-16-13)14(20)15-5-4-6-18-23(3,21)22/h7-10,18H,4-6H2,1-3H3,(H,15,20). The molecule has 23 heavy (non-hydrogen) atoms. The van der Waals surface area contributed by atoms with Gasteiger partial charge in [0.15, 0.2) is 5.65 Å². The highest BCUT2D eigenvalue weighted by Crippen LogP contribution is 2.16. The van der Waals surface area contributed by atoms with E-state index in [2.05, 4.69) is 20.1 Å². The number of pyridine rings is 1. The number of fused-ring (bicyclic) bond motifs is 1. The molecule has 0 aromatic carbocycles. The van der Waals surface area contributed by atoms with Crippen LogP contribution in [0.3, 0.4) is 0 Å². The van der Waals surface area contributed by atoms with Gasteiger partial charge in [-0.1, -0.05) is 0 Å². The van der Waals surface area contributed by atoms with Crippen LogP contribution < -0.4 is 10.0 Å². The fraction of sp³-hybridized carbons (Fsp3) is 0.500. The van der Waals surface area contributed by atoms with Crippen LogP contribution in [0.1, 0.15) is 36.7 Å². The fourth-order valence-electron chi connectivity index (χ4n) is 2.09. The van der Waals surface area contributed by atoms with Crippen LogP contribution in [-0.2, 0) is 10.0 Å². The van der Waals surface area contributed by atoms with E-state index in [-0.39, 0.29) is 18.5 Å². The maximum atomic E-state index is 12.1. The lowest BCUT2D eigenvalue weighted by molar-refractivity contribution is 0.0953. The Hall–Kier alpha value is -2.00. The van der Waals surface area contributed by atoms with Crippen LogP contribution in [0.5, 0.6) is 0 Å². The number of nitrogens with one attached hydrogen (secondary N) is 2. The molecule has 0 atom stereocenters. The van der Waals surface area contributed by atoms with Gasteiger partial charge >= 0.3 is 0 Å². The lowest BCUT2D eigenvalue weighted by Gasteiger charge is -2.07. The second-order valence-corrected chi connectivity index (χ2v) is 7.43. The molecule has 0 unspecified atom stereocenters. The SMILES string of the molecule is CC(C)n1ncc2cc(C(=O)NCCCNS(C)(=O)=O)cnc21. The van der Waals surface area contributed by atoms with Crippen molar-refractivity contribution in [3.8, 4) is 0 Å². The monoisotopic (exact) mass is 339 g/mol. The van der Waals surface area contributed by atoms with E-state index < -0.39 is 10.0 Å². The van der Waals surface area contributed by atoms with E-state index in [1.807, 2.05) is 13.8 Å². The molecule has 0 bridgehead atoms. The summed E-state index contributed by atoms with van der Waals surface area (Å²) in [7, 11) is -3.19. The first-order chi connectivity index (χ1) is 10.8. The summed E-state index contributed by atoms with van der Waals surface area (Å²) in [4.78, 5) is 16.4. The molecule has 0 aliphatic heterocycles. The predicted molar refractivity (Wildman–Crippen MR) is 87.7 cm³/mol. The summed E-state index contributed by atoms with van der Waals surface area (Å²) in [5.74, 6) is -0.240. The molecule has 9 heteroatoms. The van der Waals surface area contributed by atoms with E-state index in [9.17, 15) is 13.2 Å². The molecule has 1 amide bonds. The molecule has 0 radical (unpaired) electrons. The van der Waals surface area contributed by atoms with Gasteiger partial charge in [-0.15, -0.1) is 0 Å². The van der Waals surface area contributed by atoms with Gasteiger partial charge < -0.3 is 5.32 Å². The lowest BCUT2D eigenvalue weighted by atomic mass is 10.2. The Morgan fingerprint density at radius 1 is 1.30 bits per heavy atom. The van der Waals surface area contributed by atoms with Gasteiger partial charge in [0.2, 0.25) is 10.0 Å². The van der Waals surface area contributed by atoms with E-state index in [0.717, 1.165) is 17.3 Å². The number of aromatic nitrogens is 3. The van der Waals surface area contributed by atoms with Crippen LogP contribution in [0.25, 0.3) is 11.0 Å². The summed E-state index contributed by atoms with van der Waals surface area (Å²) in [5, 5.41) is 7.81. The van der Waals surface area contributed by atoms with Gasteiger partial charge in [-0.3, -0.25) is 4.79 Å². The van der Waals surface area contributed by atoms with Crippen LogP contribution in [0.15, 0.2) is 18.5 Å². The number of amides is 1. The third kappa shape index (κ3) is 4.73. The Morgan fingerprint density at radius 2 is 2.04 bits per heavy atom. The minimum atomic E-state index is -3.19. The van der Waals surface area contributed by atoms with Crippen molar-refractivity contribution in [3.05, 3.63) is 24.0 Å². The molecule has 126 valence electrons.